The molecule has 1 aromatic rings. The summed E-state index contributed by atoms with van der Waals surface area (Å²) in [6.45, 7) is 3.87. The lowest BCUT2D eigenvalue weighted by Gasteiger charge is -2.09. The molecule has 3 nitrogen and oxygen atoms in total. The van der Waals surface area contributed by atoms with Crippen molar-refractivity contribution in [1.29, 1.82) is 0 Å². The van der Waals surface area contributed by atoms with Crippen LogP contribution in [-0.4, -0.2) is 8.42 Å². The van der Waals surface area contributed by atoms with Crippen molar-refractivity contribution in [2.24, 2.45) is 5.14 Å². The minimum Gasteiger partial charge on any atom is -0.225 e. The van der Waals surface area contributed by atoms with Crippen molar-refractivity contribution < 1.29 is 8.42 Å². The van der Waals surface area contributed by atoms with Gasteiger partial charge in [0.1, 0.15) is 0 Å². The van der Waals surface area contributed by atoms with Gasteiger partial charge in [-0.3, -0.25) is 0 Å². The molecule has 0 unspecified atom stereocenters. The summed E-state index contributed by atoms with van der Waals surface area (Å²) in [7, 11) is -3.64. The largest absolute Gasteiger partial charge is 0.238 e. The highest BCUT2D eigenvalue weighted by Gasteiger charge is 2.14. The van der Waals surface area contributed by atoms with Gasteiger partial charge in [-0.15, -0.1) is 0 Å². The highest BCUT2D eigenvalue weighted by Crippen LogP contribution is 2.24. The Labute approximate surface area is 90.7 Å². The first kappa shape index (κ1) is 11.9. The topological polar surface area (TPSA) is 60.2 Å². The zero-order chi connectivity index (χ0) is 11.5. The number of benzene rings is 1. The minimum absolute atomic E-state index is 0.194. The van der Waals surface area contributed by atoms with E-state index in [9.17, 15) is 8.42 Å². The molecule has 0 aliphatic carbocycles. The molecule has 0 radical (unpaired) electrons. The molecule has 0 aliphatic heterocycles. The van der Waals surface area contributed by atoms with Crippen molar-refractivity contribution >= 4 is 15.6 Å². The van der Waals surface area contributed by atoms with Crippen molar-refractivity contribution in [3.05, 3.63) is 35.9 Å². The summed E-state index contributed by atoms with van der Waals surface area (Å²) in [5.74, 6) is 0. The highest BCUT2D eigenvalue weighted by atomic mass is 32.2. The Morgan fingerprint density at radius 1 is 1.40 bits per heavy atom. The third-order valence-electron chi connectivity index (χ3n) is 2.27. The Morgan fingerprint density at radius 3 is 2.47 bits per heavy atom. The molecule has 4 heteroatoms. The van der Waals surface area contributed by atoms with Crippen LogP contribution in [0.2, 0.25) is 0 Å². The van der Waals surface area contributed by atoms with Crippen LogP contribution in [0.25, 0.3) is 5.57 Å². The molecular formula is C11H15NO2S. The summed E-state index contributed by atoms with van der Waals surface area (Å²) < 4.78 is 22.7. The van der Waals surface area contributed by atoms with E-state index in [1.807, 2.05) is 26.0 Å². The van der Waals surface area contributed by atoms with Crippen LogP contribution in [0.3, 0.4) is 0 Å². The Balaban J connectivity index is 3.43. The molecular weight excluding hydrogens is 210 g/mol. The summed E-state index contributed by atoms with van der Waals surface area (Å²) in [6, 6.07) is 6.79. The first-order valence-electron chi connectivity index (χ1n) is 4.78. The number of allylic oxidation sites excluding steroid dienone is 2. The molecule has 0 heterocycles. The Bertz CT molecular complexity index is 475. The molecule has 1 aromatic carbocycles. The van der Waals surface area contributed by atoms with E-state index in [0.29, 0.717) is 5.56 Å². The molecule has 0 spiro atoms. The van der Waals surface area contributed by atoms with Gasteiger partial charge in [0, 0.05) is 0 Å². The van der Waals surface area contributed by atoms with E-state index >= 15 is 0 Å². The second kappa shape index (κ2) is 4.59. The molecule has 15 heavy (non-hydrogen) atoms. The van der Waals surface area contributed by atoms with Crippen LogP contribution in [-0.2, 0) is 10.0 Å². The van der Waals surface area contributed by atoms with Crippen LogP contribution in [0.15, 0.2) is 35.2 Å². The Kier molecular flexibility index (Phi) is 3.66. The van der Waals surface area contributed by atoms with E-state index in [1.165, 1.54) is 6.07 Å². The summed E-state index contributed by atoms with van der Waals surface area (Å²) in [6.07, 6.45) is 2.69. The second-order valence-electron chi connectivity index (χ2n) is 3.21. The van der Waals surface area contributed by atoms with Gasteiger partial charge < -0.3 is 0 Å². The van der Waals surface area contributed by atoms with E-state index in [1.54, 1.807) is 12.1 Å². The molecule has 0 saturated heterocycles. The lowest BCUT2D eigenvalue weighted by molar-refractivity contribution is 0.597. The van der Waals surface area contributed by atoms with Gasteiger partial charge in [-0.25, -0.2) is 13.6 Å². The Hall–Kier alpha value is -1.13. The zero-order valence-corrected chi connectivity index (χ0v) is 9.71. The maximum absolute atomic E-state index is 11.3. The molecule has 2 N–H and O–H groups in total. The maximum Gasteiger partial charge on any atom is 0.238 e. The van der Waals surface area contributed by atoms with E-state index < -0.39 is 10.0 Å². The average Bonchev–Trinajstić information content (AvgIpc) is 2.19. The lowest BCUT2D eigenvalue weighted by Crippen LogP contribution is -2.14. The van der Waals surface area contributed by atoms with E-state index in [0.717, 1.165) is 12.0 Å². The van der Waals surface area contributed by atoms with Crippen molar-refractivity contribution in [2.45, 2.75) is 25.2 Å². The zero-order valence-electron chi connectivity index (χ0n) is 8.90. The fourth-order valence-electron chi connectivity index (χ4n) is 1.53. The first-order valence-corrected chi connectivity index (χ1v) is 6.32. The predicted octanol–water partition coefficient (Wildman–Crippen LogP) is 2.15. The normalized spacial score (nSPS) is 12.9. The van der Waals surface area contributed by atoms with Gasteiger partial charge in [-0.05, 0) is 30.5 Å². The van der Waals surface area contributed by atoms with Crippen molar-refractivity contribution in [3.63, 3.8) is 0 Å². The summed E-state index contributed by atoms with van der Waals surface area (Å²) in [5, 5.41) is 5.15. The van der Waals surface area contributed by atoms with Crippen LogP contribution in [0.1, 0.15) is 25.8 Å². The second-order valence-corrected chi connectivity index (χ2v) is 4.74. The van der Waals surface area contributed by atoms with Crippen LogP contribution in [0.5, 0.6) is 0 Å². The van der Waals surface area contributed by atoms with Crippen LogP contribution in [0, 0.1) is 0 Å². The lowest BCUT2D eigenvalue weighted by atomic mass is 10.0. The fourth-order valence-corrected chi connectivity index (χ4v) is 2.30. The number of primary sulfonamides is 1. The third-order valence-corrected chi connectivity index (χ3v) is 3.24. The fraction of sp³-hybridized carbons (Fsp3) is 0.273. The van der Waals surface area contributed by atoms with Gasteiger partial charge in [-0.2, -0.15) is 0 Å². The monoisotopic (exact) mass is 225 g/mol. The van der Waals surface area contributed by atoms with Crippen molar-refractivity contribution in [1.82, 2.24) is 0 Å². The average molecular weight is 225 g/mol. The van der Waals surface area contributed by atoms with Gasteiger partial charge in [0.2, 0.25) is 10.0 Å². The predicted molar refractivity (Wildman–Crippen MR) is 61.8 cm³/mol. The number of rotatable bonds is 3. The number of hydrogen-bond acceptors (Lipinski definition) is 2. The first-order chi connectivity index (χ1) is 7.00. The Morgan fingerprint density at radius 2 is 2.00 bits per heavy atom. The van der Waals surface area contributed by atoms with Crippen LogP contribution >= 0.6 is 0 Å². The van der Waals surface area contributed by atoms with Crippen LogP contribution in [0.4, 0.5) is 0 Å². The molecule has 82 valence electrons. The SMILES string of the molecule is CC=C(CC)c1ccccc1S(N)(=O)=O. The maximum atomic E-state index is 11.3. The molecule has 0 saturated carbocycles. The van der Waals surface area contributed by atoms with Crippen molar-refractivity contribution in [3.8, 4) is 0 Å². The highest BCUT2D eigenvalue weighted by molar-refractivity contribution is 7.89. The molecule has 0 aliphatic rings. The van der Waals surface area contributed by atoms with Gasteiger partial charge >= 0.3 is 0 Å². The minimum atomic E-state index is -3.64. The quantitative estimate of drug-likeness (QED) is 0.856. The standard InChI is InChI=1S/C11H15NO2S/c1-3-9(4-2)10-7-5-6-8-11(10)15(12,13)14/h3,5-8H,4H2,1-2H3,(H2,12,13,14). The smallest absolute Gasteiger partial charge is 0.225 e. The molecule has 0 amide bonds. The van der Waals surface area contributed by atoms with Gasteiger partial charge in [-0.1, -0.05) is 31.2 Å². The summed E-state index contributed by atoms with van der Waals surface area (Å²) in [5.41, 5.74) is 1.68. The van der Waals surface area contributed by atoms with E-state index in [2.05, 4.69) is 0 Å². The molecule has 1 rings (SSSR count). The van der Waals surface area contributed by atoms with E-state index in [4.69, 9.17) is 5.14 Å². The number of nitrogens with two attached hydrogens (primary N) is 1. The molecule has 0 bridgehead atoms. The van der Waals surface area contributed by atoms with Crippen molar-refractivity contribution in [2.75, 3.05) is 0 Å². The summed E-state index contributed by atoms with van der Waals surface area (Å²) in [4.78, 5) is 0.194. The van der Waals surface area contributed by atoms with E-state index in [-0.39, 0.29) is 4.90 Å². The summed E-state index contributed by atoms with van der Waals surface area (Å²) >= 11 is 0. The third kappa shape index (κ3) is 2.67. The molecule has 0 atom stereocenters. The van der Waals surface area contributed by atoms with Crippen LogP contribution < -0.4 is 5.14 Å². The number of hydrogen-bond donors (Lipinski definition) is 1. The van der Waals surface area contributed by atoms with Gasteiger partial charge in [0.15, 0.2) is 0 Å². The molecule has 0 aromatic heterocycles. The van der Waals surface area contributed by atoms with Gasteiger partial charge in [0.25, 0.3) is 0 Å². The molecule has 0 fully saturated rings. The van der Waals surface area contributed by atoms with Gasteiger partial charge in [0.05, 0.1) is 4.90 Å². The number of sulfonamides is 1.